The van der Waals surface area contributed by atoms with Crippen LogP contribution in [0, 0.1) is 0 Å². The van der Waals surface area contributed by atoms with Crippen LogP contribution in [0.4, 0.5) is 0 Å². The molecule has 1 aromatic heterocycles. The fourth-order valence-electron chi connectivity index (χ4n) is 1.55. The van der Waals surface area contributed by atoms with Crippen LogP contribution in [0.5, 0.6) is 0 Å². The van der Waals surface area contributed by atoms with Gasteiger partial charge in [0, 0.05) is 19.3 Å². The topological polar surface area (TPSA) is 79.8 Å². The second-order valence-electron chi connectivity index (χ2n) is 4.03. The van der Waals surface area contributed by atoms with Gasteiger partial charge in [-0.25, -0.2) is 9.97 Å². The first kappa shape index (κ1) is 15.2. The van der Waals surface area contributed by atoms with Crippen LogP contribution >= 0.6 is 23.2 Å². The highest BCUT2D eigenvalue weighted by Crippen LogP contribution is 2.27. The van der Waals surface area contributed by atoms with Crippen molar-refractivity contribution in [3.63, 3.8) is 0 Å². The Bertz CT molecular complexity index is 701. The third kappa shape index (κ3) is 3.68. The lowest BCUT2D eigenvalue weighted by molar-refractivity contribution is 0.380. The molecule has 0 fully saturated rings. The number of halogens is 2. The summed E-state index contributed by atoms with van der Waals surface area (Å²) in [5, 5.41) is 9.77. The van der Waals surface area contributed by atoms with Crippen LogP contribution in [0.1, 0.15) is 5.69 Å². The number of nitrogens with zero attached hydrogens (tertiary/aromatic N) is 5. The van der Waals surface area contributed by atoms with Gasteiger partial charge in [0.15, 0.2) is 5.84 Å². The van der Waals surface area contributed by atoms with Gasteiger partial charge in [-0.05, 0) is 18.2 Å². The summed E-state index contributed by atoms with van der Waals surface area (Å²) in [6, 6.07) is 6.94. The fourth-order valence-corrected chi connectivity index (χ4v) is 1.85. The summed E-state index contributed by atoms with van der Waals surface area (Å²) in [6.07, 6.45) is 1.40. The Morgan fingerprint density at radius 3 is 2.67 bits per heavy atom. The van der Waals surface area contributed by atoms with Crippen molar-refractivity contribution < 1.29 is 0 Å². The van der Waals surface area contributed by atoms with Crippen molar-refractivity contribution in [2.45, 2.75) is 0 Å². The molecule has 108 valence electrons. The van der Waals surface area contributed by atoms with Gasteiger partial charge < -0.3 is 5.73 Å². The molecule has 0 saturated heterocycles. The molecule has 1 aromatic carbocycles. The second-order valence-corrected chi connectivity index (χ2v) is 4.85. The molecule has 8 heteroatoms. The summed E-state index contributed by atoms with van der Waals surface area (Å²) < 4.78 is 0. The molecule has 21 heavy (non-hydrogen) atoms. The van der Waals surface area contributed by atoms with Crippen molar-refractivity contribution in [1.82, 2.24) is 15.1 Å². The lowest BCUT2D eigenvalue weighted by Crippen LogP contribution is -2.19. The highest BCUT2D eigenvalue weighted by Gasteiger charge is 2.07. The summed E-state index contributed by atoms with van der Waals surface area (Å²) in [6.45, 7) is 3.34. The maximum atomic E-state index is 6.00. The average Bonchev–Trinajstić information content (AvgIpc) is 2.50. The Morgan fingerprint density at radius 1 is 1.24 bits per heavy atom. The highest BCUT2D eigenvalue weighted by molar-refractivity contribution is 6.42. The predicted molar refractivity (Wildman–Crippen MR) is 85.5 cm³/mol. The van der Waals surface area contributed by atoms with E-state index in [4.69, 9.17) is 28.9 Å². The van der Waals surface area contributed by atoms with Gasteiger partial charge in [-0.2, -0.15) is 10.2 Å². The third-order valence-corrected chi connectivity index (χ3v) is 3.34. The molecule has 0 atom stereocenters. The van der Waals surface area contributed by atoms with E-state index < -0.39 is 0 Å². The minimum absolute atomic E-state index is 0.202. The number of amidine groups is 1. The van der Waals surface area contributed by atoms with E-state index in [1.807, 2.05) is 6.07 Å². The molecule has 2 aromatic rings. The molecule has 6 nitrogen and oxygen atoms in total. The van der Waals surface area contributed by atoms with Gasteiger partial charge in [0.1, 0.15) is 12.0 Å². The van der Waals surface area contributed by atoms with E-state index in [1.54, 1.807) is 25.2 Å². The van der Waals surface area contributed by atoms with E-state index in [0.717, 1.165) is 5.56 Å². The standard InChI is InChI=1S/C13H12Cl2N6/c1-17-21(2)20-13(16)12-6-11(18-7-19-12)8-3-4-9(14)10(15)5-8/h3-7H,1H2,2H3,(H2,16,20). The first-order valence-electron chi connectivity index (χ1n) is 5.83. The van der Waals surface area contributed by atoms with Crippen molar-refractivity contribution in [3.8, 4) is 11.3 Å². The molecule has 0 amide bonds. The molecule has 1 heterocycles. The molecule has 0 saturated carbocycles. The summed E-state index contributed by atoms with van der Waals surface area (Å²) in [7, 11) is 1.61. The van der Waals surface area contributed by atoms with Crippen molar-refractivity contribution in [1.29, 1.82) is 0 Å². The summed E-state index contributed by atoms with van der Waals surface area (Å²) in [4.78, 5) is 8.27. The average molecular weight is 323 g/mol. The SMILES string of the molecule is C=NN(C)/N=C(\N)c1cc(-c2ccc(Cl)c(Cl)c2)ncn1. The molecule has 2 rings (SSSR count). The number of hydrazone groups is 2. The number of hydrogen-bond donors (Lipinski definition) is 1. The molecular formula is C13H12Cl2N6. The first-order chi connectivity index (χ1) is 10.0. The smallest absolute Gasteiger partial charge is 0.171 e. The number of nitrogens with two attached hydrogens (primary N) is 1. The van der Waals surface area contributed by atoms with Crippen molar-refractivity contribution >= 4 is 35.8 Å². The van der Waals surface area contributed by atoms with Crippen molar-refractivity contribution in [2.75, 3.05) is 7.05 Å². The molecule has 2 N–H and O–H groups in total. The minimum Gasteiger partial charge on any atom is -0.380 e. The zero-order valence-corrected chi connectivity index (χ0v) is 12.7. The Morgan fingerprint density at radius 2 is 2.00 bits per heavy atom. The van der Waals surface area contributed by atoms with Crippen LogP contribution in [0.15, 0.2) is 40.8 Å². The molecule has 0 radical (unpaired) electrons. The number of aromatic nitrogens is 2. The summed E-state index contributed by atoms with van der Waals surface area (Å²) >= 11 is 11.9. The van der Waals surface area contributed by atoms with Crippen molar-refractivity contribution in [3.05, 3.63) is 46.3 Å². The zero-order chi connectivity index (χ0) is 15.4. The van der Waals surface area contributed by atoms with E-state index in [-0.39, 0.29) is 5.84 Å². The van der Waals surface area contributed by atoms with E-state index in [0.29, 0.717) is 21.4 Å². The van der Waals surface area contributed by atoms with Crippen LogP contribution in [0.25, 0.3) is 11.3 Å². The maximum Gasteiger partial charge on any atom is 0.171 e. The van der Waals surface area contributed by atoms with Gasteiger partial charge in [-0.3, -0.25) is 0 Å². The van der Waals surface area contributed by atoms with Gasteiger partial charge in [0.2, 0.25) is 0 Å². The Kier molecular flexibility index (Phi) is 4.72. The Labute approximate surface area is 131 Å². The van der Waals surface area contributed by atoms with E-state index in [9.17, 15) is 0 Å². The number of rotatable bonds is 4. The van der Waals surface area contributed by atoms with Crippen LogP contribution in [0.3, 0.4) is 0 Å². The normalized spacial score (nSPS) is 11.3. The number of benzene rings is 1. The van der Waals surface area contributed by atoms with Gasteiger partial charge in [-0.15, -0.1) is 5.10 Å². The van der Waals surface area contributed by atoms with Crippen LogP contribution in [-0.2, 0) is 0 Å². The van der Waals surface area contributed by atoms with Gasteiger partial charge >= 0.3 is 0 Å². The molecule has 0 aliphatic heterocycles. The quantitative estimate of drug-likeness (QED) is 0.533. The van der Waals surface area contributed by atoms with Crippen LogP contribution in [-0.4, -0.2) is 34.7 Å². The van der Waals surface area contributed by atoms with Gasteiger partial charge in [0.05, 0.1) is 15.7 Å². The Hall–Kier alpha value is -2.18. The fraction of sp³-hybridized carbons (Fsp3) is 0.0769. The Balaban J connectivity index is 2.39. The van der Waals surface area contributed by atoms with Crippen LogP contribution < -0.4 is 5.73 Å². The lowest BCUT2D eigenvalue weighted by Gasteiger charge is -2.07. The molecule has 0 aliphatic rings. The molecule has 0 bridgehead atoms. The third-order valence-electron chi connectivity index (χ3n) is 2.60. The first-order valence-corrected chi connectivity index (χ1v) is 6.59. The minimum atomic E-state index is 0.202. The van der Waals surface area contributed by atoms with E-state index in [1.165, 1.54) is 11.4 Å². The monoisotopic (exact) mass is 322 g/mol. The van der Waals surface area contributed by atoms with Gasteiger partial charge in [-0.1, -0.05) is 29.3 Å². The molecule has 0 spiro atoms. The largest absolute Gasteiger partial charge is 0.380 e. The zero-order valence-electron chi connectivity index (χ0n) is 11.2. The predicted octanol–water partition coefficient (Wildman–Crippen LogP) is 2.62. The number of hydrogen-bond acceptors (Lipinski definition) is 5. The molecular weight excluding hydrogens is 311 g/mol. The van der Waals surface area contributed by atoms with Crippen LogP contribution in [0.2, 0.25) is 10.0 Å². The van der Waals surface area contributed by atoms with E-state index >= 15 is 0 Å². The van der Waals surface area contributed by atoms with Gasteiger partial charge in [0.25, 0.3) is 0 Å². The van der Waals surface area contributed by atoms with E-state index in [2.05, 4.69) is 26.9 Å². The molecule has 0 aliphatic carbocycles. The second kappa shape index (κ2) is 6.51. The van der Waals surface area contributed by atoms with Crippen molar-refractivity contribution in [2.24, 2.45) is 15.9 Å². The lowest BCUT2D eigenvalue weighted by atomic mass is 10.1. The molecule has 0 unspecified atom stereocenters. The summed E-state index contributed by atoms with van der Waals surface area (Å²) in [5.41, 5.74) is 7.79. The maximum absolute atomic E-state index is 6.00. The highest BCUT2D eigenvalue weighted by atomic mass is 35.5. The summed E-state index contributed by atoms with van der Waals surface area (Å²) in [5.74, 6) is 0.202.